The summed E-state index contributed by atoms with van der Waals surface area (Å²) in [6.45, 7) is 7.30. The molecule has 0 saturated carbocycles. The number of likely N-dealkylation sites (tertiary alicyclic amines) is 2. The van der Waals surface area contributed by atoms with Crippen LogP contribution in [0.4, 0.5) is 0 Å². The number of hydrogen-bond acceptors (Lipinski definition) is 3. The maximum Gasteiger partial charge on any atom is 0.0453 e. The molecule has 3 nitrogen and oxygen atoms in total. The maximum atomic E-state index is 6.57. The van der Waals surface area contributed by atoms with Crippen molar-refractivity contribution < 1.29 is 0 Å². The summed E-state index contributed by atoms with van der Waals surface area (Å²) in [7, 11) is 0. The molecular weight excluding hydrogens is 258 g/mol. The molecule has 2 N–H and O–H groups in total. The highest BCUT2D eigenvalue weighted by Crippen LogP contribution is 2.27. The van der Waals surface area contributed by atoms with Crippen molar-refractivity contribution in [2.45, 2.75) is 50.7 Å². The van der Waals surface area contributed by atoms with Crippen LogP contribution in [0.25, 0.3) is 0 Å². The lowest BCUT2D eigenvalue weighted by atomic mass is 9.97. The molecule has 3 atom stereocenters. The molecule has 0 radical (unpaired) electrons. The molecule has 3 rings (SSSR count). The van der Waals surface area contributed by atoms with E-state index in [-0.39, 0.29) is 6.04 Å². The van der Waals surface area contributed by atoms with Gasteiger partial charge < -0.3 is 5.73 Å². The molecule has 0 amide bonds. The Bertz CT molecular complexity index is 427. The molecule has 2 heterocycles. The van der Waals surface area contributed by atoms with Crippen molar-refractivity contribution >= 4 is 0 Å². The third-order valence-corrected chi connectivity index (χ3v) is 5.34. The molecule has 2 saturated heterocycles. The van der Waals surface area contributed by atoms with Crippen LogP contribution in [-0.4, -0.2) is 48.1 Å². The van der Waals surface area contributed by atoms with Crippen LogP contribution in [0.3, 0.4) is 0 Å². The SMILES string of the molecule is CCC(C(N)c1ccccc1)N1CCC(N2CCCC2)C1. The number of benzene rings is 1. The fraction of sp³-hybridized carbons (Fsp3) is 0.667. The first-order chi connectivity index (χ1) is 10.3. The van der Waals surface area contributed by atoms with Gasteiger partial charge in [0.2, 0.25) is 0 Å². The van der Waals surface area contributed by atoms with Gasteiger partial charge in [-0.2, -0.15) is 0 Å². The van der Waals surface area contributed by atoms with Gasteiger partial charge in [-0.05, 0) is 44.3 Å². The van der Waals surface area contributed by atoms with Gasteiger partial charge in [0, 0.05) is 31.2 Å². The second-order valence-corrected chi connectivity index (χ2v) is 6.59. The first-order valence-corrected chi connectivity index (χ1v) is 8.58. The highest BCUT2D eigenvalue weighted by Gasteiger charge is 2.34. The van der Waals surface area contributed by atoms with E-state index in [0.29, 0.717) is 6.04 Å². The average Bonchev–Trinajstić information content (AvgIpc) is 3.20. The Morgan fingerprint density at radius 2 is 1.86 bits per heavy atom. The van der Waals surface area contributed by atoms with Crippen LogP contribution in [0.5, 0.6) is 0 Å². The van der Waals surface area contributed by atoms with E-state index in [1.54, 1.807) is 0 Å². The van der Waals surface area contributed by atoms with E-state index >= 15 is 0 Å². The van der Waals surface area contributed by atoms with Crippen molar-refractivity contribution in [3.05, 3.63) is 35.9 Å². The van der Waals surface area contributed by atoms with Crippen LogP contribution in [0, 0.1) is 0 Å². The van der Waals surface area contributed by atoms with Crippen LogP contribution in [-0.2, 0) is 0 Å². The Morgan fingerprint density at radius 1 is 1.14 bits per heavy atom. The van der Waals surface area contributed by atoms with E-state index < -0.39 is 0 Å². The molecule has 1 aromatic rings. The number of hydrogen-bond donors (Lipinski definition) is 1. The minimum Gasteiger partial charge on any atom is -0.323 e. The lowest BCUT2D eigenvalue weighted by molar-refractivity contribution is 0.177. The zero-order valence-corrected chi connectivity index (χ0v) is 13.2. The van der Waals surface area contributed by atoms with Gasteiger partial charge in [-0.15, -0.1) is 0 Å². The zero-order valence-electron chi connectivity index (χ0n) is 13.2. The normalized spacial score (nSPS) is 27.0. The summed E-state index contributed by atoms with van der Waals surface area (Å²) in [5, 5.41) is 0. The summed E-state index contributed by atoms with van der Waals surface area (Å²) < 4.78 is 0. The quantitative estimate of drug-likeness (QED) is 0.903. The third kappa shape index (κ3) is 3.31. The zero-order chi connectivity index (χ0) is 14.7. The second-order valence-electron chi connectivity index (χ2n) is 6.59. The van der Waals surface area contributed by atoms with Crippen molar-refractivity contribution in [1.82, 2.24) is 9.80 Å². The van der Waals surface area contributed by atoms with Gasteiger partial charge in [-0.25, -0.2) is 0 Å². The molecule has 0 aromatic heterocycles. The van der Waals surface area contributed by atoms with Crippen LogP contribution < -0.4 is 5.73 Å². The maximum absolute atomic E-state index is 6.57. The molecule has 116 valence electrons. The molecule has 21 heavy (non-hydrogen) atoms. The molecule has 3 heteroatoms. The van der Waals surface area contributed by atoms with E-state index in [1.165, 1.54) is 51.0 Å². The Labute approximate surface area is 129 Å². The summed E-state index contributed by atoms with van der Waals surface area (Å²) in [6, 6.07) is 12.0. The van der Waals surface area contributed by atoms with Crippen molar-refractivity contribution in [3.8, 4) is 0 Å². The van der Waals surface area contributed by atoms with Crippen LogP contribution >= 0.6 is 0 Å². The lowest BCUT2D eigenvalue weighted by Crippen LogP contribution is -2.43. The number of nitrogens with two attached hydrogens (primary N) is 1. The molecule has 1 aromatic carbocycles. The topological polar surface area (TPSA) is 32.5 Å². The van der Waals surface area contributed by atoms with Gasteiger partial charge in [0.15, 0.2) is 0 Å². The lowest BCUT2D eigenvalue weighted by Gasteiger charge is -2.33. The summed E-state index contributed by atoms with van der Waals surface area (Å²) in [4.78, 5) is 5.33. The minimum absolute atomic E-state index is 0.133. The van der Waals surface area contributed by atoms with E-state index in [0.717, 1.165) is 12.5 Å². The van der Waals surface area contributed by atoms with E-state index in [9.17, 15) is 0 Å². The summed E-state index contributed by atoms with van der Waals surface area (Å²) in [5.41, 5.74) is 7.85. The van der Waals surface area contributed by atoms with Gasteiger partial charge in [-0.1, -0.05) is 37.3 Å². The summed E-state index contributed by atoms with van der Waals surface area (Å²) in [5.74, 6) is 0. The van der Waals surface area contributed by atoms with Crippen LogP contribution in [0.2, 0.25) is 0 Å². The Balaban J connectivity index is 1.64. The first-order valence-electron chi connectivity index (χ1n) is 8.58. The number of rotatable bonds is 5. The summed E-state index contributed by atoms with van der Waals surface area (Å²) in [6.07, 6.45) is 5.22. The first kappa shape index (κ1) is 15.0. The molecular formula is C18H29N3. The van der Waals surface area contributed by atoms with Crippen LogP contribution in [0.1, 0.15) is 44.2 Å². The minimum atomic E-state index is 0.133. The molecule has 0 spiro atoms. The molecule has 3 unspecified atom stereocenters. The average molecular weight is 287 g/mol. The van der Waals surface area contributed by atoms with Gasteiger partial charge >= 0.3 is 0 Å². The van der Waals surface area contributed by atoms with Gasteiger partial charge in [-0.3, -0.25) is 9.80 Å². The standard InChI is InChI=1S/C18H29N3/c1-2-17(18(19)15-8-4-3-5-9-15)21-13-10-16(14-21)20-11-6-7-12-20/h3-5,8-9,16-18H,2,6-7,10-14,19H2,1H3. The van der Waals surface area contributed by atoms with Crippen molar-refractivity contribution in [3.63, 3.8) is 0 Å². The fourth-order valence-electron chi connectivity index (χ4n) is 4.11. The monoisotopic (exact) mass is 287 g/mol. The molecule has 0 aliphatic carbocycles. The second kappa shape index (κ2) is 6.91. The third-order valence-electron chi connectivity index (χ3n) is 5.34. The Morgan fingerprint density at radius 3 is 2.52 bits per heavy atom. The molecule has 2 aliphatic heterocycles. The van der Waals surface area contributed by atoms with E-state index in [2.05, 4.69) is 47.1 Å². The van der Waals surface area contributed by atoms with Crippen molar-refractivity contribution in [2.24, 2.45) is 5.73 Å². The van der Waals surface area contributed by atoms with Gasteiger partial charge in [0.25, 0.3) is 0 Å². The fourth-order valence-corrected chi connectivity index (χ4v) is 4.11. The van der Waals surface area contributed by atoms with E-state index in [4.69, 9.17) is 5.73 Å². The summed E-state index contributed by atoms with van der Waals surface area (Å²) >= 11 is 0. The Hall–Kier alpha value is -0.900. The highest BCUT2D eigenvalue weighted by molar-refractivity contribution is 5.20. The highest BCUT2D eigenvalue weighted by atomic mass is 15.3. The van der Waals surface area contributed by atoms with Crippen molar-refractivity contribution in [1.29, 1.82) is 0 Å². The van der Waals surface area contributed by atoms with Crippen molar-refractivity contribution in [2.75, 3.05) is 26.2 Å². The molecule has 2 fully saturated rings. The predicted octanol–water partition coefficient (Wildman–Crippen LogP) is 2.64. The predicted molar refractivity (Wildman–Crippen MR) is 88.2 cm³/mol. The molecule has 2 aliphatic rings. The molecule has 0 bridgehead atoms. The Kier molecular flexibility index (Phi) is 4.94. The van der Waals surface area contributed by atoms with Gasteiger partial charge in [0.05, 0.1) is 0 Å². The largest absolute Gasteiger partial charge is 0.323 e. The van der Waals surface area contributed by atoms with Crippen LogP contribution in [0.15, 0.2) is 30.3 Å². The van der Waals surface area contributed by atoms with E-state index in [1.807, 2.05) is 0 Å². The smallest absolute Gasteiger partial charge is 0.0453 e. The van der Waals surface area contributed by atoms with Gasteiger partial charge in [0.1, 0.15) is 0 Å². The number of nitrogens with zero attached hydrogens (tertiary/aromatic N) is 2.